The van der Waals surface area contributed by atoms with Gasteiger partial charge in [-0.25, -0.2) is 13.2 Å². The molecule has 9 heteroatoms. The number of sulfonamides is 1. The summed E-state index contributed by atoms with van der Waals surface area (Å²) in [6, 6.07) is 4.20. The van der Waals surface area contributed by atoms with Crippen LogP contribution < -0.4 is 9.62 Å². The largest absolute Gasteiger partial charge is 0.477 e. The van der Waals surface area contributed by atoms with Gasteiger partial charge in [-0.15, -0.1) is 11.3 Å². The summed E-state index contributed by atoms with van der Waals surface area (Å²) in [5.74, 6) is -1.16. The molecule has 0 unspecified atom stereocenters. The van der Waals surface area contributed by atoms with Gasteiger partial charge >= 0.3 is 5.97 Å². The molecule has 0 aromatic carbocycles. The van der Waals surface area contributed by atoms with Gasteiger partial charge in [-0.2, -0.15) is 0 Å². The fraction of sp³-hybridized carbons (Fsp3) is 0.167. The molecule has 2 aromatic heterocycles. The topological polar surface area (TPSA) is 99.6 Å². The fourth-order valence-corrected chi connectivity index (χ4v) is 3.83. The third kappa shape index (κ3) is 3.31. The zero-order valence-electron chi connectivity index (χ0n) is 11.3. The second kappa shape index (κ2) is 5.70. The fourth-order valence-electron chi connectivity index (χ4n) is 1.63. The van der Waals surface area contributed by atoms with Crippen LogP contribution in [0.5, 0.6) is 0 Å². The molecule has 0 radical (unpaired) electrons. The van der Waals surface area contributed by atoms with Gasteiger partial charge in [-0.1, -0.05) is 0 Å². The Morgan fingerprint density at radius 2 is 2.05 bits per heavy atom. The van der Waals surface area contributed by atoms with Crippen LogP contribution >= 0.6 is 11.3 Å². The predicted molar refractivity (Wildman–Crippen MR) is 80.7 cm³/mol. The van der Waals surface area contributed by atoms with Gasteiger partial charge in [0.1, 0.15) is 9.09 Å². The van der Waals surface area contributed by atoms with Crippen LogP contribution in [0.4, 0.5) is 11.4 Å². The summed E-state index contributed by atoms with van der Waals surface area (Å²) in [6.07, 6.45) is 2.96. The normalized spacial score (nSPS) is 11.1. The van der Waals surface area contributed by atoms with Gasteiger partial charge in [-0.05, 0) is 18.2 Å². The summed E-state index contributed by atoms with van der Waals surface area (Å²) in [6.45, 7) is 0. The van der Waals surface area contributed by atoms with E-state index in [4.69, 9.17) is 5.11 Å². The van der Waals surface area contributed by atoms with E-state index in [0.29, 0.717) is 22.7 Å². The molecule has 0 saturated heterocycles. The number of pyridine rings is 1. The van der Waals surface area contributed by atoms with Crippen molar-refractivity contribution in [3.05, 3.63) is 35.5 Å². The van der Waals surface area contributed by atoms with Crippen molar-refractivity contribution in [2.75, 3.05) is 23.7 Å². The summed E-state index contributed by atoms with van der Waals surface area (Å²) in [4.78, 5) is 16.4. The molecule has 21 heavy (non-hydrogen) atoms. The Morgan fingerprint density at radius 3 is 2.62 bits per heavy atom. The smallest absolute Gasteiger partial charge is 0.345 e. The van der Waals surface area contributed by atoms with E-state index in [1.807, 2.05) is 0 Å². The lowest BCUT2D eigenvalue weighted by atomic mass is 10.3. The molecule has 0 aliphatic heterocycles. The molecule has 7 nitrogen and oxygen atoms in total. The average molecular weight is 327 g/mol. The number of aromatic nitrogens is 1. The van der Waals surface area contributed by atoms with Gasteiger partial charge in [0.05, 0.1) is 17.6 Å². The van der Waals surface area contributed by atoms with Crippen LogP contribution in [-0.4, -0.2) is 38.6 Å². The van der Waals surface area contributed by atoms with Crippen molar-refractivity contribution < 1.29 is 18.3 Å². The molecular formula is C12H13N3O4S2. The van der Waals surface area contributed by atoms with Gasteiger partial charge in [0.2, 0.25) is 0 Å². The number of hydrogen-bond acceptors (Lipinski definition) is 6. The molecule has 2 aromatic rings. The van der Waals surface area contributed by atoms with Crippen molar-refractivity contribution in [2.45, 2.75) is 4.21 Å². The van der Waals surface area contributed by atoms with Crippen LogP contribution in [0.15, 0.2) is 34.8 Å². The third-order valence-corrected chi connectivity index (χ3v) is 5.51. The Hall–Kier alpha value is -2.13. The van der Waals surface area contributed by atoms with Crippen molar-refractivity contribution >= 4 is 38.7 Å². The molecule has 2 heterocycles. The quantitative estimate of drug-likeness (QED) is 0.867. The summed E-state index contributed by atoms with van der Waals surface area (Å²) in [5.41, 5.74) is 0.983. The summed E-state index contributed by atoms with van der Waals surface area (Å²) < 4.78 is 26.9. The lowest BCUT2D eigenvalue weighted by Crippen LogP contribution is -2.16. The Labute approximate surface area is 125 Å². The van der Waals surface area contributed by atoms with Crippen LogP contribution in [0.2, 0.25) is 0 Å². The molecule has 2 rings (SSSR count). The Balaban J connectivity index is 2.35. The van der Waals surface area contributed by atoms with Crippen LogP contribution in [-0.2, 0) is 10.0 Å². The minimum atomic E-state index is -3.84. The second-order valence-corrected chi connectivity index (χ2v) is 7.31. The first kappa shape index (κ1) is 15.3. The van der Waals surface area contributed by atoms with E-state index in [-0.39, 0.29) is 9.09 Å². The molecule has 0 fully saturated rings. The number of anilines is 2. The molecule has 0 aliphatic rings. The van der Waals surface area contributed by atoms with Crippen LogP contribution in [0.3, 0.4) is 0 Å². The molecule has 0 spiro atoms. The van der Waals surface area contributed by atoms with E-state index in [9.17, 15) is 13.2 Å². The zero-order valence-corrected chi connectivity index (χ0v) is 12.9. The number of rotatable bonds is 5. The number of carboxylic acids is 1. The van der Waals surface area contributed by atoms with E-state index in [1.165, 1.54) is 18.3 Å². The summed E-state index contributed by atoms with van der Waals surface area (Å²) in [7, 11) is -0.286. The number of aromatic carboxylic acids is 1. The highest BCUT2D eigenvalue weighted by Crippen LogP contribution is 2.28. The molecule has 112 valence electrons. The van der Waals surface area contributed by atoms with Gasteiger partial charge in [-0.3, -0.25) is 9.71 Å². The van der Waals surface area contributed by atoms with Gasteiger partial charge < -0.3 is 10.0 Å². The first-order valence-electron chi connectivity index (χ1n) is 5.78. The Kier molecular flexibility index (Phi) is 4.14. The standard InChI is InChI=1S/C12H13N3O4S2/c1-15(2)9-5-6-13-7-8(9)14-21(18,19)11-4-3-10(20-11)12(16)17/h3-7,14H,1-2H3,(H,16,17). The Morgan fingerprint density at radius 1 is 1.33 bits per heavy atom. The van der Waals surface area contributed by atoms with Crippen LogP contribution in [0, 0.1) is 0 Å². The summed E-state index contributed by atoms with van der Waals surface area (Å²) >= 11 is 0.697. The highest BCUT2D eigenvalue weighted by Gasteiger charge is 2.20. The number of nitrogens with zero attached hydrogens (tertiary/aromatic N) is 2. The molecule has 0 atom stereocenters. The van der Waals surface area contributed by atoms with Crippen molar-refractivity contribution in [2.24, 2.45) is 0 Å². The van der Waals surface area contributed by atoms with E-state index < -0.39 is 16.0 Å². The predicted octanol–water partition coefficient (Wildman–Crippen LogP) is 1.71. The average Bonchev–Trinajstić information content (AvgIpc) is 2.89. The van der Waals surface area contributed by atoms with Gasteiger partial charge in [0, 0.05) is 20.3 Å². The van der Waals surface area contributed by atoms with E-state index in [2.05, 4.69) is 9.71 Å². The highest BCUT2D eigenvalue weighted by molar-refractivity contribution is 7.94. The second-order valence-electron chi connectivity index (χ2n) is 4.32. The van der Waals surface area contributed by atoms with Crippen molar-refractivity contribution in [3.8, 4) is 0 Å². The minimum absolute atomic E-state index is 0.0330. The number of carboxylic acid groups (broad SMARTS) is 1. The van der Waals surface area contributed by atoms with Gasteiger partial charge in [0.15, 0.2) is 0 Å². The number of hydrogen-bond donors (Lipinski definition) is 2. The van der Waals surface area contributed by atoms with Crippen LogP contribution in [0.25, 0.3) is 0 Å². The van der Waals surface area contributed by atoms with Crippen molar-refractivity contribution in [3.63, 3.8) is 0 Å². The first-order chi connectivity index (χ1) is 9.81. The molecule has 0 bridgehead atoms. The molecule has 0 aliphatic carbocycles. The minimum Gasteiger partial charge on any atom is -0.477 e. The SMILES string of the molecule is CN(C)c1ccncc1NS(=O)(=O)c1ccc(C(=O)O)s1. The lowest BCUT2D eigenvalue weighted by molar-refractivity contribution is 0.0702. The monoisotopic (exact) mass is 327 g/mol. The number of carbonyl (C=O) groups is 1. The van der Waals surface area contributed by atoms with Crippen LogP contribution in [0.1, 0.15) is 9.67 Å². The first-order valence-corrected chi connectivity index (χ1v) is 8.08. The van der Waals surface area contributed by atoms with Crippen molar-refractivity contribution in [1.82, 2.24) is 4.98 Å². The lowest BCUT2D eigenvalue weighted by Gasteiger charge is -2.17. The van der Waals surface area contributed by atoms with Crippen molar-refractivity contribution in [1.29, 1.82) is 0 Å². The number of nitrogens with one attached hydrogen (secondary N) is 1. The summed E-state index contributed by atoms with van der Waals surface area (Å²) in [5, 5.41) is 8.85. The third-order valence-electron chi connectivity index (χ3n) is 2.58. The molecule has 0 saturated carbocycles. The zero-order chi connectivity index (χ0) is 15.6. The molecule has 2 N–H and O–H groups in total. The highest BCUT2D eigenvalue weighted by atomic mass is 32.2. The maximum Gasteiger partial charge on any atom is 0.345 e. The maximum atomic E-state index is 12.3. The molecule has 0 amide bonds. The van der Waals surface area contributed by atoms with Gasteiger partial charge in [0.25, 0.3) is 10.0 Å². The maximum absolute atomic E-state index is 12.3. The van der Waals surface area contributed by atoms with E-state index in [0.717, 1.165) is 0 Å². The number of thiophene rings is 1. The Bertz CT molecular complexity index is 768. The van der Waals surface area contributed by atoms with E-state index in [1.54, 1.807) is 31.3 Å². The molecular weight excluding hydrogens is 314 g/mol. The van der Waals surface area contributed by atoms with E-state index >= 15 is 0 Å².